The molecule has 10 heteroatoms. The Morgan fingerprint density at radius 2 is 2.22 bits per heavy atom. The molecule has 0 radical (unpaired) electrons. The SMILES string of the molecule is Nc1cccc(CC(=O)NC2COCC(CC(=O)O)OB2O)n1. The van der Waals surface area contributed by atoms with E-state index in [0.29, 0.717) is 11.5 Å². The molecule has 1 aliphatic rings. The first-order valence-corrected chi connectivity index (χ1v) is 7.08. The van der Waals surface area contributed by atoms with Crippen molar-refractivity contribution in [3.8, 4) is 0 Å². The molecule has 1 aliphatic heterocycles. The maximum absolute atomic E-state index is 12.0. The summed E-state index contributed by atoms with van der Waals surface area (Å²) < 4.78 is 10.5. The Balaban J connectivity index is 1.88. The number of anilines is 1. The summed E-state index contributed by atoms with van der Waals surface area (Å²) in [7, 11) is -1.35. The second-order valence-corrected chi connectivity index (χ2v) is 5.19. The second kappa shape index (κ2) is 7.91. The van der Waals surface area contributed by atoms with Crippen molar-refractivity contribution < 1.29 is 29.1 Å². The molecule has 9 nitrogen and oxygen atoms in total. The first-order chi connectivity index (χ1) is 10.9. The topological polar surface area (TPSA) is 144 Å². The lowest BCUT2D eigenvalue weighted by Gasteiger charge is -2.18. The number of carbonyl (C=O) groups is 2. The highest BCUT2D eigenvalue weighted by Crippen LogP contribution is 2.09. The molecule has 1 aromatic heterocycles. The molecule has 124 valence electrons. The highest BCUT2D eigenvalue weighted by molar-refractivity contribution is 6.45. The van der Waals surface area contributed by atoms with Crippen LogP contribution in [-0.4, -0.2) is 59.4 Å². The maximum Gasteiger partial charge on any atom is 0.480 e. The van der Waals surface area contributed by atoms with Crippen LogP contribution in [0.3, 0.4) is 0 Å². The van der Waals surface area contributed by atoms with Crippen molar-refractivity contribution in [1.82, 2.24) is 10.3 Å². The number of ether oxygens (including phenoxy) is 1. The smallest absolute Gasteiger partial charge is 0.480 e. The number of pyridine rings is 1. The second-order valence-electron chi connectivity index (χ2n) is 5.19. The number of nitrogens with one attached hydrogen (secondary N) is 1. The van der Waals surface area contributed by atoms with Gasteiger partial charge in [0, 0.05) is 0 Å². The summed E-state index contributed by atoms with van der Waals surface area (Å²) in [6, 6.07) is 4.96. The average Bonchev–Trinajstić information content (AvgIpc) is 2.60. The Bertz CT molecular complexity index is 572. The van der Waals surface area contributed by atoms with Crippen molar-refractivity contribution >= 4 is 24.8 Å². The number of hydrogen-bond acceptors (Lipinski definition) is 7. The Morgan fingerprint density at radius 1 is 1.43 bits per heavy atom. The number of nitrogens with two attached hydrogens (primary N) is 1. The molecule has 23 heavy (non-hydrogen) atoms. The van der Waals surface area contributed by atoms with E-state index in [1.54, 1.807) is 18.2 Å². The minimum atomic E-state index is -1.35. The summed E-state index contributed by atoms with van der Waals surface area (Å²) in [5.41, 5.74) is 6.04. The van der Waals surface area contributed by atoms with Crippen LogP contribution in [0.4, 0.5) is 5.82 Å². The number of hydrogen-bond donors (Lipinski definition) is 4. The van der Waals surface area contributed by atoms with E-state index in [2.05, 4.69) is 10.3 Å². The molecule has 0 aliphatic carbocycles. The van der Waals surface area contributed by atoms with Gasteiger partial charge in [-0.1, -0.05) is 6.07 Å². The Morgan fingerprint density at radius 3 is 2.91 bits per heavy atom. The van der Waals surface area contributed by atoms with Crippen LogP contribution in [0, 0.1) is 0 Å². The molecule has 0 spiro atoms. The molecular weight excluding hydrogens is 305 g/mol. The van der Waals surface area contributed by atoms with Gasteiger partial charge >= 0.3 is 13.1 Å². The van der Waals surface area contributed by atoms with E-state index >= 15 is 0 Å². The summed E-state index contributed by atoms with van der Waals surface area (Å²) in [6.07, 6.45) is -1.06. The first kappa shape index (κ1) is 17.2. The molecule has 1 amide bonds. The molecule has 2 heterocycles. The molecule has 2 atom stereocenters. The van der Waals surface area contributed by atoms with Crippen molar-refractivity contribution in [2.24, 2.45) is 0 Å². The van der Waals surface area contributed by atoms with Gasteiger partial charge in [0.1, 0.15) is 5.82 Å². The number of carbonyl (C=O) groups excluding carboxylic acids is 1. The fourth-order valence-electron chi connectivity index (χ4n) is 2.17. The van der Waals surface area contributed by atoms with Crippen LogP contribution >= 0.6 is 0 Å². The van der Waals surface area contributed by atoms with E-state index in [1.807, 2.05) is 0 Å². The van der Waals surface area contributed by atoms with Crippen molar-refractivity contribution in [3.63, 3.8) is 0 Å². The molecule has 0 saturated carbocycles. The van der Waals surface area contributed by atoms with Crippen LogP contribution in [0.25, 0.3) is 0 Å². The van der Waals surface area contributed by atoms with Gasteiger partial charge in [-0.05, 0) is 12.1 Å². The van der Waals surface area contributed by atoms with Crippen molar-refractivity contribution in [2.45, 2.75) is 24.9 Å². The largest absolute Gasteiger partial charge is 0.481 e. The number of nitrogen functional groups attached to an aromatic ring is 1. The number of aliphatic carboxylic acids is 1. The normalized spacial score (nSPS) is 21.5. The van der Waals surface area contributed by atoms with Crippen LogP contribution in [0.2, 0.25) is 0 Å². The first-order valence-electron chi connectivity index (χ1n) is 7.08. The fraction of sp³-hybridized carbons (Fsp3) is 0.462. The minimum absolute atomic E-state index is 0.00713. The quantitative estimate of drug-likeness (QED) is 0.484. The summed E-state index contributed by atoms with van der Waals surface area (Å²) in [5.74, 6) is -1.91. The lowest BCUT2D eigenvalue weighted by Crippen LogP contribution is -2.50. The van der Waals surface area contributed by atoms with Gasteiger partial charge in [0.15, 0.2) is 0 Å². The van der Waals surface area contributed by atoms with Gasteiger partial charge in [0.2, 0.25) is 5.91 Å². The van der Waals surface area contributed by atoms with Crippen LogP contribution in [0.5, 0.6) is 0 Å². The standard InChI is InChI=1S/C13H18BN3O6/c15-11-3-1-2-8(16-11)4-12(18)17-10-7-22-6-9(5-13(19)20)23-14(10)21/h1-3,9-10,21H,4-7H2,(H2,15,16)(H,17,18)(H,19,20). The third-order valence-electron chi connectivity index (χ3n) is 3.20. The number of carboxylic acid groups (broad SMARTS) is 1. The number of aromatic nitrogens is 1. The molecule has 2 rings (SSSR count). The Labute approximate surface area is 132 Å². The maximum atomic E-state index is 12.0. The number of nitrogens with zero attached hydrogens (tertiary/aromatic N) is 1. The zero-order valence-corrected chi connectivity index (χ0v) is 12.3. The number of rotatable bonds is 5. The van der Waals surface area contributed by atoms with Crippen molar-refractivity contribution in [2.75, 3.05) is 18.9 Å². The van der Waals surface area contributed by atoms with Crippen molar-refractivity contribution in [1.29, 1.82) is 0 Å². The summed E-state index contributed by atoms with van der Waals surface area (Å²) in [6.45, 7) is 0.0554. The predicted octanol–water partition coefficient (Wildman–Crippen LogP) is -1.40. The van der Waals surface area contributed by atoms with Crippen LogP contribution < -0.4 is 11.1 Å². The highest BCUT2D eigenvalue weighted by Gasteiger charge is 2.35. The monoisotopic (exact) mass is 323 g/mol. The minimum Gasteiger partial charge on any atom is -0.481 e. The number of carboxylic acids is 1. The summed E-state index contributed by atoms with van der Waals surface area (Å²) in [4.78, 5) is 26.7. The van der Waals surface area contributed by atoms with E-state index < -0.39 is 25.1 Å². The zero-order valence-electron chi connectivity index (χ0n) is 12.3. The molecule has 0 aromatic carbocycles. The molecular formula is C13H18BN3O6. The van der Waals surface area contributed by atoms with Crippen LogP contribution in [-0.2, 0) is 25.4 Å². The van der Waals surface area contributed by atoms with E-state index in [9.17, 15) is 14.6 Å². The van der Waals surface area contributed by atoms with Gasteiger partial charge < -0.3 is 30.6 Å². The molecule has 1 aromatic rings. The molecule has 5 N–H and O–H groups in total. The summed E-state index contributed by atoms with van der Waals surface area (Å²) >= 11 is 0. The van der Waals surface area contributed by atoms with Gasteiger partial charge in [0.25, 0.3) is 0 Å². The zero-order chi connectivity index (χ0) is 16.8. The lowest BCUT2D eigenvalue weighted by molar-refractivity contribution is -0.139. The third kappa shape index (κ3) is 5.51. The van der Waals surface area contributed by atoms with Crippen LogP contribution in [0.15, 0.2) is 18.2 Å². The van der Waals surface area contributed by atoms with Gasteiger partial charge in [-0.15, -0.1) is 0 Å². The molecule has 0 bridgehead atoms. The molecule has 2 unspecified atom stereocenters. The molecule has 1 saturated heterocycles. The highest BCUT2D eigenvalue weighted by atomic mass is 16.6. The van der Waals surface area contributed by atoms with Gasteiger partial charge in [-0.25, -0.2) is 4.98 Å². The third-order valence-corrected chi connectivity index (χ3v) is 3.20. The fourth-order valence-corrected chi connectivity index (χ4v) is 2.17. The predicted molar refractivity (Wildman–Crippen MR) is 80.2 cm³/mol. The van der Waals surface area contributed by atoms with E-state index in [4.69, 9.17) is 20.2 Å². The number of amides is 1. The van der Waals surface area contributed by atoms with E-state index in [0.717, 1.165) is 0 Å². The van der Waals surface area contributed by atoms with Crippen LogP contribution in [0.1, 0.15) is 12.1 Å². The van der Waals surface area contributed by atoms with E-state index in [-0.39, 0.29) is 32.0 Å². The van der Waals surface area contributed by atoms with Gasteiger partial charge in [-0.3, -0.25) is 9.59 Å². The van der Waals surface area contributed by atoms with E-state index in [1.165, 1.54) is 0 Å². The Kier molecular flexibility index (Phi) is 5.91. The Hall–Kier alpha value is -2.17. The average molecular weight is 323 g/mol. The lowest BCUT2D eigenvalue weighted by atomic mass is 9.79. The molecule has 1 fully saturated rings. The van der Waals surface area contributed by atoms with Crippen molar-refractivity contribution in [3.05, 3.63) is 23.9 Å². The van der Waals surface area contributed by atoms with Gasteiger partial charge in [-0.2, -0.15) is 0 Å². The summed E-state index contributed by atoms with van der Waals surface area (Å²) in [5, 5.41) is 21.3. The van der Waals surface area contributed by atoms with Gasteiger partial charge in [0.05, 0.1) is 43.8 Å².